The lowest BCUT2D eigenvalue weighted by molar-refractivity contribution is 0.0692. The summed E-state index contributed by atoms with van der Waals surface area (Å²) in [5.74, 6) is -0.583. The van der Waals surface area contributed by atoms with Crippen molar-refractivity contribution in [1.29, 1.82) is 0 Å². The quantitative estimate of drug-likeness (QED) is 0.364. The molecule has 6 nitrogen and oxygen atoms in total. The summed E-state index contributed by atoms with van der Waals surface area (Å²) in [6.45, 7) is 3.78. The molecular weight excluding hydrogens is 404 g/mol. The zero-order chi connectivity index (χ0) is 22.8. The summed E-state index contributed by atoms with van der Waals surface area (Å²) < 4.78 is 5.65. The Balaban J connectivity index is 1.51. The Morgan fingerprint density at radius 2 is 1.91 bits per heavy atom. The van der Waals surface area contributed by atoms with Gasteiger partial charge in [-0.2, -0.15) is 0 Å². The van der Waals surface area contributed by atoms with Gasteiger partial charge < -0.3 is 20.3 Å². The van der Waals surface area contributed by atoms with E-state index in [1.54, 1.807) is 24.5 Å². The SMILES string of the molecule is CCCOc1cc(-c2ccc(CCCNC[C@@H](O)c3cccnc3)cc2)ccc1C(=O)O. The zero-order valence-corrected chi connectivity index (χ0v) is 18.3. The van der Waals surface area contributed by atoms with Crippen LogP contribution < -0.4 is 10.1 Å². The molecule has 0 aliphatic carbocycles. The third kappa shape index (κ3) is 6.64. The highest BCUT2D eigenvalue weighted by atomic mass is 16.5. The van der Waals surface area contributed by atoms with Crippen molar-refractivity contribution in [2.75, 3.05) is 19.7 Å². The van der Waals surface area contributed by atoms with Crippen LogP contribution in [0.4, 0.5) is 0 Å². The second kappa shape index (κ2) is 12.0. The number of rotatable bonds is 12. The van der Waals surface area contributed by atoms with Crippen LogP contribution >= 0.6 is 0 Å². The van der Waals surface area contributed by atoms with Gasteiger partial charge in [-0.3, -0.25) is 4.98 Å². The van der Waals surface area contributed by atoms with Gasteiger partial charge in [-0.1, -0.05) is 43.3 Å². The van der Waals surface area contributed by atoms with E-state index >= 15 is 0 Å². The first-order valence-corrected chi connectivity index (χ1v) is 11.0. The lowest BCUT2D eigenvalue weighted by atomic mass is 10.0. The van der Waals surface area contributed by atoms with Crippen LogP contribution in [0.2, 0.25) is 0 Å². The van der Waals surface area contributed by atoms with E-state index in [2.05, 4.69) is 22.4 Å². The number of carboxylic acid groups (broad SMARTS) is 1. The van der Waals surface area contributed by atoms with E-state index in [0.717, 1.165) is 42.5 Å². The van der Waals surface area contributed by atoms with E-state index in [1.165, 1.54) is 5.56 Å². The molecule has 0 radical (unpaired) electrons. The number of pyridine rings is 1. The van der Waals surface area contributed by atoms with E-state index in [4.69, 9.17) is 4.74 Å². The number of ether oxygens (including phenoxy) is 1. The predicted molar refractivity (Wildman–Crippen MR) is 125 cm³/mol. The summed E-state index contributed by atoms with van der Waals surface area (Å²) in [6.07, 6.45) is 5.53. The van der Waals surface area contributed by atoms with E-state index in [9.17, 15) is 15.0 Å². The number of aromatic carboxylic acids is 1. The zero-order valence-electron chi connectivity index (χ0n) is 18.3. The number of nitrogens with one attached hydrogen (secondary N) is 1. The number of hydrogen-bond donors (Lipinski definition) is 3. The minimum Gasteiger partial charge on any atom is -0.493 e. The topological polar surface area (TPSA) is 91.7 Å². The average molecular weight is 435 g/mol. The molecule has 3 N–H and O–H groups in total. The molecule has 0 aliphatic heterocycles. The normalized spacial score (nSPS) is 11.8. The van der Waals surface area contributed by atoms with Gasteiger partial charge in [0.25, 0.3) is 0 Å². The van der Waals surface area contributed by atoms with E-state index in [-0.39, 0.29) is 5.56 Å². The van der Waals surface area contributed by atoms with E-state index in [0.29, 0.717) is 18.9 Å². The molecule has 0 saturated heterocycles. The van der Waals surface area contributed by atoms with E-state index in [1.807, 2.05) is 37.3 Å². The molecule has 1 atom stereocenters. The summed E-state index contributed by atoms with van der Waals surface area (Å²) in [4.78, 5) is 15.5. The summed E-state index contributed by atoms with van der Waals surface area (Å²) >= 11 is 0. The molecule has 1 heterocycles. The van der Waals surface area contributed by atoms with Gasteiger partial charge in [-0.15, -0.1) is 0 Å². The van der Waals surface area contributed by atoms with Crippen LogP contribution in [0.1, 0.15) is 47.4 Å². The highest BCUT2D eigenvalue weighted by molar-refractivity contribution is 5.92. The standard InChI is InChI=1S/C26H30N2O4/c1-2-15-32-25-16-21(11-12-23(25)26(30)31)20-9-7-19(8-10-20)5-3-13-28-18-24(29)22-6-4-14-27-17-22/h4,6-12,14,16-17,24,28-29H,2-3,5,13,15,18H2,1H3,(H,30,31)/t24-/m1/s1. The predicted octanol–water partition coefficient (Wildman–Crippen LogP) is 4.49. The maximum Gasteiger partial charge on any atom is 0.339 e. The molecule has 32 heavy (non-hydrogen) atoms. The van der Waals surface area contributed by atoms with Crippen LogP contribution in [-0.2, 0) is 6.42 Å². The summed E-state index contributed by atoms with van der Waals surface area (Å²) in [5, 5.41) is 22.8. The van der Waals surface area contributed by atoms with Gasteiger partial charge in [0.05, 0.1) is 12.7 Å². The second-order valence-electron chi connectivity index (χ2n) is 7.67. The van der Waals surface area contributed by atoms with Crippen molar-refractivity contribution < 1.29 is 19.7 Å². The van der Waals surface area contributed by atoms with Crippen LogP contribution in [0.25, 0.3) is 11.1 Å². The molecule has 168 valence electrons. The molecule has 0 aliphatic rings. The first-order chi connectivity index (χ1) is 15.6. The van der Waals surface area contributed by atoms with Gasteiger partial charge in [0.2, 0.25) is 0 Å². The molecule has 1 aromatic heterocycles. The highest BCUT2D eigenvalue weighted by Crippen LogP contribution is 2.28. The average Bonchev–Trinajstić information content (AvgIpc) is 2.83. The Hall–Kier alpha value is -3.22. The van der Waals surface area contributed by atoms with Crippen molar-refractivity contribution in [3.05, 3.63) is 83.7 Å². The minimum absolute atomic E-state index is 0.181. The Morgan fingerprint density at radius 1 is 1.12 bits per heavy atom. The molecule has 0 saturated carbocycles. The van der Waals surface area contributed by atoms with Crippen molar-refractivity contribution in [2.24, 2.45) is 0 Å². The first kappa shape index (κ1) is 23.4. The van der Waals surface area contributed by atoms with Crippen LogP contribution in [0.3, 0.4) is 0 Å². The van der Waals surface area contributed by atoms with Crippen molar-refractivity contribution in [2.45, 2.75) is 32.3 Å². The lowest BCUT2D eigenvalue weighted by Gasteiger charge is -2.12. The third-order valence-electron chi connectivity index (χ3n) is 5.19. The number of aliphatic hydroxyl groups excluding tert-OH is 1. The fourth-order valence-corrected chi connectivity index (χ4v) is 3.42. The number of benzene rings is 2. The number of carbonyl (C=O) groups is 1. The Bertz CT molecular complexity index is 990. The molecule has 3 aromatic rings. The fraction of sp³-hybridized carbons (Fsp3) is 0.308. The van der Waals surface area contributed by atoms with Gasteiger partial charge in [0, 0.05) is 24.5 Å². The van der Waals surface area contributed by atoms with E-state index < -0.39 is 12.1 Å². The van der Waals surface area contributed by atoms with Crippen molar-refractivity contribution in [3.63, 3.8) is 0 Å². The second-order valence-corrected chi connectivity index (χ2v) is 7.67. The minimum atomic E-state index is -0.987. The highest BCUT2D eigenvalue weighted by Gasteiger charge is 2.13. The molecule has 3 rings (SSSR count). The lowest BCUT2D eigenvalue weighted by Crippen LogP contribution is -2.22. The maximum absolute atomic E-state index is 11.4. The Kier molecular flexibility index (Phi) is 8.78. The van der Waals surface area contributed by atoms with Gasteiger partial charge in [0.1, 0.15) is 11.3 Å². The van der Waals surface area contributed by atoms with Crippen LogP contribution in [0, 0.1) is 0 Å². The Labute approximate surface area is 188 Å². The van der Waals surface area contributed by atoms with Gasteiger partial charge in [-0.05, 0) is 60.7 Å². The summed E-state index contributed by atoms with van der Waals surface area (Å²) in [5.41, 5.74) is 4.17. The third-order valence-corrected chi connectivity index (χ3v) is 5.19. The molecule has 0 unspecified atom stereocenters. The van der Waals surface area contributed by atoms with Crippen LogP contribution in [0.5, 0.6) is 5.75 Å². The van der Waals surface area contributed by atoms with Crippen LogP contribution in [0.15, 0.2) is 67.0 Å². The molecular formula is C26H30N2O4. The van der Waals surface area contributed by atoms with Gasteiger partial charge in [0.15, 0.2) is 0 Å². The maximum atomic E-state index is 11.4. The monoisotopic (exact) mass is 434 g/mol. The molecule has 0 spiro atoms. The number of aryl methyl sites for hydroxylation is 1. The summed E-state index contributed by atoms with van der Waals surface area (Å²) in [7, 11) is 0. The fourth-order valence-electron chi connectivity index (χ4n) is 3.42. The van der Waals surface area contributed by atoms with Crippen molar-refractivity contribution in [1.82, 2.24) is 10.3 Å². The molecule has 0 amide bonds. The number of nitrogens with zero attached hydrogens (tertiary/aromatic N) is 1. The van der Waals surface area contributed by atoms with Crippen molar-refractivity contribution in [3.8, 4) is 16.9 Å². The molecule has 6 heteroatoms. The largest absolute Gasteiger partial charge is 0.493 e. The first-order valence-electron chi connectivity index (χ1n) is 11.0. The Morgan fingerprint density at radius 3 is 2.59 bits per heavy atom. The van der Waals surface area contributed by atoms with Gasteiger partial charge >= 0.3 is 5.97 Å². The number of carboxylic acids is 1. The number of aromatic nitrogens is 1. The molecule has 0 fully saturated rings. The number of aliphatic hydroxyl groups is 1. The van der Waals surface area contributed by atoms with Crippen LogP contribution in [-0.4, -0.2) is 40.9 Å². The summed E-state index contributed by atoms with van der Waals surface area (Å²) in [6, 6.07) is 17.2. The number of hydrogen-bond acceptors (Lipinski definition) is 5. The smallest absolute Gasteiger partial charge is 0.339 e. The molecule has 0 bridgehead atoms. The van der Waals surface area contributed by atoms with Gasteiger partial charge in [-0.25, -0.2) is 4.79 Å². The molecule has 2 aromatic carbocycles. The van der Waals surface area contributed by atoms with Crippen molar-refractivity contribution >= 4 is 5.97 Å².